The fraction of sp³-hybridized carbons (Fsp3) is 0.167. The molecule has 2 rings (SSSR count). The number of anilines is 3. The van der Waals surface area contributed by atoms with Crippen LogP contribution < -0.4 is 16.8 Å². The largest absolute Gasteiger partial charge is 0.394 e. The van der Waals surface area contributed by atoms with E-state index in [0.29, 0.717) is 23.8 Å². The summed E-state index contributed by atoms with van der Waals surface area (Å²) in [6.45, 7) is 2.54. The van der Waals surface area contributed by atoms with Crippen molar-refractivity contribution in [1.29, 1.82) is 0 Å². The number of benzene rings is 1. The summed E-state index contributed by atoms with van der Waals surface area (Å²) in [6.07, 6.45) is 0. The van der Waals surface area contributed by atoms with Crippen LogP contribution in [0.5, 0.6) is 0 Å². The summed E-state index contributed by atoms with van der Waals surface area (Å²) >= 11 is 0. The minimum Gasteiger partial charge on any atom is -0.394 e. The first-order valence-corrected chi connectivity index (χ1v) is 5.55. The lowest BCUT2D eigenvalue weighted by Crippen LogP contribution is -2.09. The van der Waals surface area contributed by atoms with Crippen molar-refractivity contribution in [2.24, 2.45) is 0 Å². The Bertz CT molecular complexity index is 570. The Kier molecular flexibility index (Phi) is 3.27. The van der Waals surface area contributed by atoms with Gasteiger partial charge in [-0.1, -0.05) is 12.1 Å². The Balaban J connectivity index is 2.59. The third-order valence-electron chi connectivity index (χ3n) is 2.44. The van der Waals surface area contributed by atoms with Gasteiger partial charge in [-0.15, -0.1) is 0 Å². The fourth-order valence-electron chi connectivity index (χ4n) is 1.58. The molecule has 2 aromatic rings. The van der Waals surface area contributed by atoms with E-state index in [4.69, 9.17) is 11.5 Å². The van der Waals surface area contributed by atoms with Gasteiger partial charge in [0.2, 0.25) is 5.95 Å². The molecule has 6 heteroatoms. The predicted molar refractivity (Wildman–Crippen MR) is 70.4 cm³/mol. The van der Waals surface area contributed by atoms with Crippen molar-refractivity contribution in [3.63, 3.8) is 0 Å². The Labute approximate surface area is 104 Å². The number of nitrogen functional groups attached to an aromatic ring is 2. The van der Waals surface area contributed by atoms with Crippen LogP contribution >= 0.6 is 0 Å². The zero-order valence-corrected chi connectivity index (χ0v) is 9.94. The first-order chi connectivity index (χ1) is 8.63. The van der Waals surface area contributed by atoms with Crippen LogP contribution in [-0.2, 0) is 0 Å². The molecule has 0 spiro atoms. The maximum Gasteiger partial charge on any atom is 0.225 e. The Morgan fingerprint density at radius 2 is 1.94 bits per heavy atom. The van der Waals surface area contributed by atoms with Gasteiger partial charge in [0.25, 0.3) is 0 Å². The van der Waals surface area contributed by atoms with Crippen molar-refractivity contribution >= 4 is 17.5 Å². The van der Waals surface area contributed by atoms with Gasteiger partial charge >= 0.3 is 0 Å². The molecule has 0 aliphatic carbocycles. The highest BCUT2D eigenvalue weighted by Gasteiger charge is 2.14. The molecule has 0 saturated heterocycles. The Morgan fingerprint density at radius 3 is 2.61 bits per heavy atom. The second-order valence-electron chi connectivity index (χ2n) is 3.70. The van der Waals surface area contributed by atoms with Gasteiger partial charge in [0, 0.05) is 12.1 Å². The topological polar surface area (TPSA) is 89.8 Å². The van der Waals surface area contributed by atoms with Gasteiger partial charge in [0.05, 0.1) is 0 Å². The molecule has 5 nitrogen and oxygen atoms in total. The van der Waals surface area contributed by atoms with Crippen LogP contribution in [0.2, 0.25) is 0 Å². The van der Waals surface area contributed by atoms with E-state index in [2.05, 4.69) is 15.3 Å². The van der Waals surface area contributed by atoms with Crippen molar-refractivity contribution in [3.05, 3.63) is 30.1 Å². The van der Waals surface area contributed by atoms with Gasteiger partial charge in [-0.3, -0.25) is 0 Å². The third-order valence-corrected chi connectivity index (χ3v) is 2.44. The number of nitrogens with two attached hydrogens (primary N) is 2. The fourth-order valence-corrected chi connectivity index (χ4v) is 1.58. The van der Waals surface area contributed by atoms with Gasteiger partial charge in [0.1, 0.15) is 17.2 Å². The number of nitrogens with zero attached hydrogens (tertiary/aromatic N) is 2. The lowest BCUT2D eigenvalue weighted by molar-refractivity contribution is 0.631. The molecular formula is C12H14FN5. The molecule has 0 aliphatic heterocycles. The number of halogens is 1. The predicted octanol–water partition coefficient (Wildman–Crippen LogP) is 1.88. The lowest BCUT2D eigenvalue weighted by atomic mass is 10.1. The molecule has 94 valence electrons. The number of hydrogen-bond acceptors (Lipinski definition) is 5. The maximum absolute atomic E-state index is 13.7. The van der Waals surface area contributed by atoms with Crippen molar-refractivity contribution in [3.8, 4) is 11.3 Å². The van der Waals surface area contributed by atoms with E-state index in [1.807, 2.05) is 6.92 Å². The summed E-state index contributed by atoms with van der Waals surface area (Å²) < 4.78 is 13.7. The van der Waals surface area contributed by atoms with E-state index < -0.39 is 5.82 Å². The van der Waals surface area contributed by atoms with Gasteiger partial charge < -0.3 is 16.8 Å². The number of hydrogen-bond donors (Lipinski definition) is 3. The summed E-state index contributed by atoms with van der Waals surface area (Å²) in [7, 11) is 0. The van der Waals surface area contributed by atoms with Crippen LogP contribution in [-0.4, -0.2) is 16.5 Å². The summed E-state index contributed by atoms with van der Waals surface area (Å²) in [5.74, 6) is 0.0754. The molecule has 0 aliphatic rings. The first kappa shape index (κ1) is 12.1. The van der Waals surface area contributed by atoms with Gasteiger partial charge in [0.15, 0.2) is 5.82 Å². The molecule has 1 heterocycles. The van der Waals surface area contributed by atoms with Crippen molar-refractivity contribution < 1.29 is 4.39 Å². The first-order valence-electron chi connectivity index (χ1n) is 5.55. The van der Waals surface area contributed by atoms with Crippen molar-refractivity contribution in [2.75, 3.05) is 23.3 Å². The quantitative estimate of drug-likeness (QED) is 0.770. The third kappa shape index (κ3) is 2.17. The van der Waals surface area contributed by atoms with Crippen molar-refractivity contribution in [1.82, 2.24) is 9.97 Å². The van der Waals surface area contributed by atoms with Crippen LogP contribution in [0.25, 0.3) is 11.3 Å². The molecular weight excluding hydrogens is 233 g/mol. The minimum absolute atomic E-state index is 0.138. The molecule has 0 amide bonds. The van der Waals surface area contributed by atoms with Gasteiger partial charge in [-0.2, -0.15) is 4.98 Å². The standard InChI is InChI=1S/C12H14FN5/c1-2-16-12-17-10(9(14)11(15)18-12)7-5-3-4-6-8(7)13/h3-6H,2,14H2,1H3,(H3,15,16,17,18). The lowest BCUT2D eigenvalue weighted by Gasteiger charge is -2.10. The molecule has 5 N–H and O–H groups in total. The van der Waals surface area contributed by atoms with Crippen molar-refractivity contribution in [2.45, 2.75) is 6.92 Å². The number of aromatic nitrogens is 2. The Morgan fingerprint density at radius 1 is 1.22 bits per heavy atom. The van der Waals surface area contributed by atoms with E-state index >= 15 is 0 Å². The highest BCUT2D eigenvalue weighted by atomic mass is 19.1. The van der Waals surface area contributed by atoms with Crippen LogP contribution in [0.1, 0.15) is 6.92 Å². The zero-order valence-electron chi connectivity index (χ0n) is 9.94. The normalized spacial score (nSPS) is 10.3. The SMILES string of the molecule is CCNc1nc(N)c(N)c(-c2ccccc2F)n1. The Hall–Kier alpha value is -2.37. The van der Waals surface area contributed by atoms with Gasteiger partial charge in [-0.05, 0) is 19.1 Å². The number of nitrogens with one attached hydrogen (secondary N) is 1. The van der Waals surface area contributed by atoms with Crippen LogP contribution in [0.3, 0.4) is 0 Å². The number of rotatable bonds is 3. The molecule has 0 atom stereocenters. The van der Waals surface area contributed by atoms with E-state index in [9.17, 15) is 4.39 Å². The van der Waals surface area contributed by atoms with E-state index in [-0.39, 0.29) is 11.5 Å². The smallest absolute Gasteiger partial charge is 0.225 e. The highest BCUT2D eigenvalue weighted by molar-refractivity contribution is 5.80. The highest BCUT2D eigenvalue weighted by Crippen LogP contribution is 2.30. The maximum atomic E-state index is 13.7. The summed E-state index contributed by atoms with van der Waals surface area (Å²) in [4.78, 5) is 8.17. The van der Waals surface area contributed by atoms with E-state index in [1.54, 1.807) is 18.2 Å². The molecule has 0 radical (unpaired) electrons. The average Bonchev–Trinajstić information content (AvgIpc) is 2.35. The molecule has 0 fully saturated rings. The molecule has 0 saturated carbocycles. The monoisotopic (exact) mass is 247 g/mol. The van der Waals surface area contributed by atoms with Crippen LogP contribution in [0.4, 0.5) is 21.8 Å². The summed E-state index contributed by atoms with van der Waals surface area (Å²) in [5.41, 5.74) is 12.3. The average molecular weight is 247 g/mol. The molecule has 1 aromatic carbocycles. The second kappa shape index (κ2) is 4.87. The molecule has 0 unspecified atom stereocenters. The minimum atomic E-state index is -0.398. The van der Waals surface area contributed by atoms with E-state index in [1.165, 1.54) is 6.07 Å². The molecule has 18 heavy (non-hydrogen) atoms. The molecule has 0 bridgehead atoms. The zero-order chi connectivity index (χ0) is 13.1. The van der Waals surface area contributed by atoms with Gasteiger partial charge in [-0.25, -0.2) is 9.37 Å². The molecule has 1 aromatic heterocycles. The summed E-state index contributed by atoms with van der Waals surface area (Å²) in [5, 5.41) is 2.92. The van der Waals surface area contributed by atoms with Crippen LogP contribution in [0, 0.1) is 5.82 Å². The van der Waals surface area contributed by atoms with E-state index in [0.717, 1.165) is 0 Å². The second-order valence-corrected chi connectivity index (χ2v) is 3.70. The van der Waals surface area contributed by atoms with Crippen LogP contribution in [0.15, 0.2) is 24.3 Å². The summed E-state index contributed by atoms with van der Waals surface area (Å²) in [6, 6.07) is 6.26.